The molecule has 0 spiro atoms. The first-order valence-electron chi connectivity index (χ1n) is 5.81. The molecule has 2 atom stereocenters. The molecule has 2 rings (SSSR count). The fourth-order valence-electron chi connectivity index (χ4n) is 2.47. The van der Waals surface area contributed by atoms with E-state index in [4.69, 9.17) is 0 Å². The van der Waals surface area contributed by atoms with Crippen LogP contribution in [0.1, 0.15) is 26.2 Å². The average Bonchev–Trinajstić information content (AvgIpc) is 2.50. The zero-order valence-electron chi connectivity index (χ0n) is 9.28. The molecule has 0 aliphatic carbocycles. The minimum atomic E-state index is -2.92. The molecule has 2 aliphatic rings. The van der Waals surface area contributed by atoms with Crippen LogP contribution < -0.4 is 5.32 Å². The standard InChI is InChI=1S/C10H20N2O2S/c1-9-4-2-5-11-10(9)8-12-6-3-7-15(12,13)14/h9-11H,2-8H2,1H3. The van der Waals surface area contributed by atoms with Gasteiger partial charge >= 0.3 is 0 Å². The third-order valence-electron chi connectivity index (χ3n) is 3.53. The molecule has 4 nitrogen and oxygen atoms in total. The van der Waals surface area contributed by atoms with E-state index in [9.17, 15) is 8.42 Å². The summed E-state index contributed by atoms with van der Waals surface area (Å²) in [7, 11) is -2.92. The number of hydrogen-bond acceptors (Lipinski definition) is 3. The van der Waals surface area contributed by atoms with Crippen molar-refractivity contribution in [2.75, 3.05) is 25.4 Å². The van der Waals surface area contributed by atoms with E-state index in [-0.39, 0.29) is 0 Å². The van der Waals surface area contributed by atoms with Gasteiger partial charge in [0.05, 0.1) is 5.75 Å². The fourth-order valence-corrected chi connectivity index (χ4v) is 4.02. The maximum Gasteiger partial charge on any atom is 0.214 e. The highest BCUT2D eigenvalue weighted by Crippen LogP contribution is 2.20. The predicted octanol–water partition coefficient (Wildman–Crippen LogP) is 0.410. The van der Waals surface area contributed by atoms with Crippen LogP contribution in [0.3, 0.4) is 0 Å². The summed E-state index contributed by atoms with van der Waals surface area (Å²) < 4.78 is 24.9. The largest absolute Gasteiger partial charge is 0.312 e. The zero-order valence-corrected chi connectivity index (χ0v) is 10.1. The number of rotatable bonds is 2. The van der Waals surface area contributed by atoms with Crippen LogP contribution in [0.25, 0.3) is 0 Å². The fraction of sp³-hybridized carbons (Fsp3) is 1.00. The minimum absolute atomic E-state index is 0.341. The quantitative estimate of drug-likeness (QED) is 0.750. The molecule has 0 radical (unpaired) electrons. The maximum atomic E-state index is 11.6. The molecule has 0 aromatic heterocycles. The predicted molar refractivity (Wildman–Crippen MR) is 60.2 cm³/mol. The molecule has 1 N–H and O–H groups in total. The van der Waals surface area contributed by atoms with E-state index in [0.29, 0.717) is 30.8 Å². The van der Waals surface area contributed by atoms with Crippen LogP contribution in [0.5, 0.6) is 0 Å². The molecule has 2 aliphatic heterocycles. The van der Waals surface area contributed by atoms with Gasteiger partial charge in [-0.05, 0) is 31.7 Å². The number of piperidine rings is 1. The molecule has 0 aromatic rings. The molecular weight excluding hydrogens is 212 g/mol. The Morgan fingerprint density at radius 2 is 2.20 bits per heavy atom. The van der Waals surface area contributed by atoms with Crippen molar-refractivity contribution in [3.63, 3.8) is 0 Å². The Morgan fingerprint density at radius 1 is 1.40 bits per heavy atom. The lowest BCUT2D eigenvalue weighted by Gasteiger charge is -2.32. The van der Waals surface area contributed by atoms with E-state index in [1.807, 2.05) is 0 Å². The molecule has 2 unspecified atom stereocenters. The normalized spacial score (nSPS) is 36.9. The van der Waals surface area contributed by atoms with Crippen molar-refractivity contribution in [1.82, 2.24) is 9.62 Å². The summed E-state index contributed by atoms with van der Waals surface area (Å²) in [5.74, 6) is 0.934. The van der Waals surface area contributed by atoms with Crippen molar-refractivity contribution >= 4 is 10.0 Å². The van der Waals surface area contributed by atoms with Crippen molar-refractivity contribution in [3.8, 4) is 0 Å². The summed E-state index contributed by atoms with van der Waals surface area (Å²) in [6.07, 6.45) is 3.22. The SMILES string of the molecule is CC1CCCNC1CN1CCCS1(=O)=O. The number of nitrogens with one attached hydrogen (secondary N) is 1. The van der Waals surface area contributed by atoms with Gasteiger partial charge in [-0.15, -0.1) is 0 Å². The molecule has 2 heterocycles. The first kappa shape index (κ1) is 11.4. The summed E-state index contributed by atoms with van der Waals surface area (Å²) in [4.78, 5) is 0. The topological polar surface area (TPSA) is 49.4 Å². The molecule has 0 saturated carbocycles. The molecule has 0 aromatic carbocycles. The van der Waals surface area contributed by atoms with E-state index in [1.165, 1.54) is 12.8 Å². The van der Waals surface area contributed by atoms with Crippen molar-refractivity contribution in [2.45, 2.75) is 32.2 Å². The van der Waals surface area contributed by atoms with E-state index in [2.05, 4.69) is 12.2 Å². The highest BCUT2D eigenvalue weighted by molar-refractivity contribution is 7.89. The van der Waals surface area contributed by atoms with Gasteiger partial charge in [0.2, 0.25) is 10.0 Å². The third-order valence-corrected chi connectivity index (χ3v) is 5.46. The van der Waals surface area contributed by atoms with Crippen molar-refractivity contribution in [1.29, 1.82) is 0 Å². The van der Waals surface area contributed by atoms with Gasteiger partial charge in [-0.3, -0.25) is 0 Å². The van der Waals surface area contributed by atoms with E-state index < -0.39 is 10.0 Å². The lowest BCUT2D eigenvalue weighted by Crippen LogP contribution is -2.48. The minimum Gasteiger partial charge on any atom is -0.312 e. The zero-order chi connectivity index (χ0) is 10.9. The van der Waals surface area contributed by atoms with Crippen LogP contribution in [-0.2, 0) is 10.0 Å². The molecule has 0 bridgehead atoms. The highest BCUT2D eigenvalue weighted by atomic mass is 32.2. The summed E-state index contributed by atoms with van der Waals surface area (Å²) in [5.41, 5.74) is 0. The van der Waals surface area contributed by atoms with E-state index in [0.717, 1.165) is 13.0 Å². The van der Waals surface area contributed by atoms with Crippen LogP contribution in [0.4, 0.5) is 0 Å². The second-order valence-electron chi connectivity index (χ2n) is 4.71. The smallest absolute Gasteiger partial charge is 0.214 e. The van der Waals surface area contributed by atoms with Gasteiger partial charge in [0, 0.05) is 19.1 Å². The Labute approximate surface area is 92.1 Å². The number of sulfonamides is 1. The first-order valence-corrected chi connectivity index (χ1v) is 7.42. The second-order valence-corrected chi connectivity index (χ2v) is 6.80. The summed E-state index contributed by atoms with van der Waals surface area (Å²) in [6, 6.07) is 0.353. The molecule has 2 fully saturated rings. The van der Waals surface area contributed by atoms with Crippen LogP contribution >= 0.6 is 0 Å². The molecular formula is C10H20N2O2S. The van der Waals surface area contributed by atoms with Crippen LogP contribution in [0.15, 0.2) is 0 Å². The number of nitrogens with zero attached hydrogens (tertiary/aromatic N) is 1. The summed E-state index contributed by atoms with van der Waals surface area (Å²) >= 11 is 0. The molecule has 15 heavy (non-hydrogen) atoms. The Balaban J connectivity index is 1.96. The summed E-state index contributed by atoms with van der Waals surface area (Å²) in [5, 5.41) is 3.43. The maximum absolute atomic E-state index is 11.6. The van der Waals surface area contributed by atoms with Gasteiger partial charge in [0.25, 0.3) is 0 Å². The lowest BCUT2D eigenvalue weighted by atomic mass is 9.93. The van der Waals surface area contributed by atoms with Gasteiger partial charge < -0.3 is 5.32 Å². The molecule has 2 saturated heterocycles. The average molecular weight is 232 g/mol. The van der Waals surface area contributed by atoms with Crippen LogP contribution in [0.2, 0.25) is 0 Å². The van der Waals surface area contributed by atoms with E-state index >= 15 is 0 Å². The Kier molecular flexibility index (Phi) is 3.33. The van der Waals surface area contributed by atoms with Crippen molar-refractivity contribution in [3.05, 3.63) is 0 Å². The van der Waals surface area contributed by atoms with Crippen molar-refractivity contribution < 1.29 is 8.42 Å². The number of hydrogen-bond donors (Lipinski definition) is 1. The molecule has 88 valence electrons. The monoisotopic (exact) mass is 232 g/mol. The lowest BCUT2D eigenvalue weighted by molar-refractivity contribution is 0.256. The Hall–Kier alpha value is -0.130. The van der Waals surface area contributed by atoms with Gasteiger partial charge in [-0.2, -0.15) is 0 Å². The van der Waals surface area contributed by atoms with Crippen LogP contribution in [0, 0.1) is 5.92 Å². The highest BCUT2D eigenvalue weighted by Gasteiger charge is 2.32. The van der Waals surface area contributed by atoms with Gasteiger partial charge in [0.1, 0.15) is 0 Å². The van der Waals surface area contributed by atoms with Crippen molar-refractivity contribution in [2.24, 2.45) is 5.92 Å². The van der Waals surface area contributed by atoms with E-state index in [1.54, 1.807) is 4.31 Å². The first-order chi connectivity index (χ1) is 7.09. The summed E-state index contributed by atoms with van der Waals surface area (Å²) in [6.45, 7) is 4.62. The van der Waals surface area contributed by atoms with Gasteiger partial charge in [0.15, 0.2) is 0 Å². The molecule has 0 amide bonds. The second kappa shape index (κ2) is 4.39. The third kappa shape index (κ3) is 2.52. The Bertz CT molecular complexity index is 315. The van der Waals surface area contributed by atoms with Gasteiger partial charge in [-0.25, -0.2) is 12.7 Å². The Morgan fingerprint density at radius 3 is 2.80 bits per heavy atom. The van der Waals surface area contributed by atoms with Gasteiger partial charge in [-0.1, -0.05) is 6.92 Å². The molecule has 5 heteroatoms. The van der Waals surface area contributed by atoms with Crippen LogP contribution in [-0.4, -0.2) is 44.2 Å².